The predicted molar refractivity (Wildman–Crippen MR) is 77.1 cm³/mol. The molecule has 0 fully saturated rings. The molecular weight excluding hydrogens is 224 g/mol. The number of nitrogens with two attached hydrogens (primary N) is 1. The Morgan fingerprint density at radius 3 is 2.28 bits per heavy atom. The molecule has 3 heteroatoms. The lowest BCUT2D eigenvalue weighted by Gasteiger charge is -2.23. The molecule has 0 heterocycles. The first-order valence-electron chi connectivity index (χ1n) is 6.68. The van der Waals surface area contributed by atoms with Crippen LogP contribution in [0.2, 0.25) is 0 Å². The molecule has 3 nitrogen and oxygen atoms in total. The summed E-state index contributed by atoms with van der Waals surface area (Å²) in [5.41, 5.74) is 6.99. The Morgan fingerprint density at radius 1 is 1.17 bits per heavy atom. The van der Waals surface area contributed by atoms with Gasteiger partial charge in [0.1, 0.15) is 5.75 Å². The van der Waals surface area contributed by atoms with E-state index in [2.05, 4.69) is 31.0 Å². The first-order chi connectivity index (χ1) is 8.52. The van der Waals surface area contributed by atoms with Crippen LogP contribution in [-0.4, -0.2) is 37.2 Å². The van der Waals surface area contributed by atoms with E-state index in [-0.39, 0.29) is 6.10 Å². The third kappa shape index (κ3) is 5.07. The lowest BCUT2D eigenvalue weighted by Crippen LogP contribution is -2.36. The molecule has 2 N–H and O–H groups in total. The number of hydrogen-bond acceptors (Lipinski definition) is 3. The van der Waals surface area contributed by atoms with Crippen molar-refractivity contribution in [2.24, 2.45) is 5.73 Å². The first-order valence-corrected chi connectivity index (χ1v) is 6.68. The van der Waals surface area contributed by atoms with Crippen molar-refractivity contribution in [3.8, 4) is 5.75 Å². The Labute approximate surface area is 111 Å². The van der Waals surface area contributed by atoms with Crippen molar-refractivity contribution < 1.29 is 4.74 Å². The van der Waals surface area contributed by atoms with Crippen LogP contribution in [0.4, 0.5) is 0 Å². The number of rotatable bonds is 7. The minimum atomic E-state index is 0.229. The van der Waals surface area contributed by atoms with Gasteiger partial charge in [-0.15, -0.1) is 0 Å². The summed E-state index contributed by atoms with van der Waals surface area (Å²) in [6, 6.07) is 8.80. The van der Waals surface area contributed by atoms with E-state index in [0.29, 0.717) is 12.6 Å². The van der Waals surface area contributed by atoms with Crippen LogP contribution in [0.5, 0.6) is 5.75 Å². The molecule has 1 aromatic rings. The van der Waals surface area contributed by atoms with Gasteiger partial charge in [-0.25, -0.2) is 0 Å². The molecule has 1 aromatic carbocycles. The zero-order valence-corrected chi connectivity index (χ0v) is 12.0. The zero-order chi connectivity index (χ0) is 13.5. The van der Waals surface area contributed by atoms with Gasteiger partial charge >= 0.3 is 0 Å². The summed E-state index contributed by atoms with van der Waals surface area (Å²) < 4.78 is 5.62. The quantitative estimate of drug-likeness (QED) is 0.807. The fourth-order valence-electron chi connectivity index (χ4n) is 1.71. The molecule has 1 atom stereocenters. The second-order valence-corrected chi connectivity index (χ2v) is 5.13. The number of hydrogen-bond donors (Lipinski definition) is 1. The molecule has 0 aliphatic heterocycles. The molecule has 0 aliphatic carbocycles. The Bertz CT molecular complexity index is 335. The van der Waals surface area contributed by atoms with Crippen molar-refractivity contribution >= 4 is 0 Å². The van der Waals surface area contributed by atoms with Crippen LogP contribution in [0, 0.1) is 0 Å². The van der Waals surface area contributed by atoms with Crippen LogP contribution in [0.25, 0.3) is 0 Å². The summed E-state index contributed by atoms with van der Waals surface area (Å²) >= 11 is 0. The Balaban J connectivity index is 2.44. The molecule has 1 unspecified atom stereocenters. The molecule has 0 aliphatic rings. The highest BCUT2D eigenvalue weighted by atomic mass is 16.5. The maximum atomic E-state index is 5.65. The molecule has 18 heavy (non-hydrogen) atoms. The van der Waals surface area contributed by atoms with Gasteiger partial charge in [0.2, 0.25) is 0 Å². The van der Waals surface area contributed by atoms with Gasteiger partial charge in [-0.1, -0.05) is 12.1 Å². The maximum absolute atomic E-state index is 5.65. The van der Waals surface area contributed by atoms with Crippen molar-refractivity contribution in [3.05, 3.63) is 29.8 Å². The molecule has 0 amide bonds. The molecule has 0 bridgehead atoms. The molecule has 0 aromatic heterocycles. The number of nitrogens with zero attached hydrogens (tertiary/aromatic N) is 1. The molecule has 0 radical (unpaired) electrons. The molecule has 1 rings (SSSR count). The highest BCUT2D eigenvalue weighted by Gasteiger charge is 2.06. The summed E-state index contributed by atoms with van der Waals surface area (Å²) in [7, 11) is 2.12. The normalized spacial score (nSPS) is 13.1. The molecule has 0 spiro atoms. The number of ether oxygens (including phenoxy) is 1. The van der Waals surface area contributed by atoms with Crippen molar-refractivity contribution in [1.29, 1.82) is 0 Å². The van der Waals surface area contributed by atoms with E-state index in [9.17, 15) is 0 Å². The van der Waals surface area contributed by atoms with Crippen molar-refractivity contribution in [1.82, 2.24) is 4.90 Å². The van der Waals surface area contributed by atoms with Crippen LogP contribution in [-0.2, 0) is 6.42 Å². The summed E-state index contributed by atoms with van der Waals surface area (Å²) in [6.45, 7) is 7.97. The third-order valence-corrected chi connectivity index (χ3v) is 3.14. The standard InChI is InChI=1S/C15H26N2O/c1-12(2)18-15-7-5-14(6-8-15)9-10-17(4)13(3)11-16/h5-8,12-13H,9-11,16H2,1-4H3. The minimum Gasteiger partial charge on any atom is -0.491 e. The lowest BCUT2D eigenvalue weighted by molar-refractivity contribution is 0.242. The van der Waals surface area contributed by atoms with Crippen LogP contribution in [0.3, 0.4) is 0 Å². The third-order valence-electron chi connectivity index (χ3n) is 3.14. The van der Waals surface area contributed by atoms with Gasteiger partial charge in [0.15, 0.2) is 0 Å². The second-order valence-electron chi connectivity index (χ2n) is 5.13. The maximum Gasteiger partial charge on any atom is 0.119 e. The van der Waals surface area contributed by atoms with Crippen LogP contribution in [0.15, 0.2) is 24.3 Å². The smallest absolute Gasteiger partial charge is 0.119 e. The molecular formula is C15H26N2O. The largest absolute Gasteiger partial charge is 0.491 e. The zero-order valence-electron chi connectivity index (χ0n) is 12.0. The lowest BCUT2D eigenvalue weighted by atomic mass is 10.1. The molecule has 0 saturated carbocycles. The van der Waals surface area contributed by atoms with Gasteiger partial charge in [-0.3, -0.25) is 0 Å². The summed E-state index contributed by atoms with van der Waals surface area (Å²) in [4.78, 5) is 2.29. The highest BCUT2D eigenvalue weighted by molar-refractivity contribution is 5.27. The highest BCUT2D eigenvalue weighted by Crippen LogP contribution is 2.14. The fourth-order valence-corrected chi connectivity index (χ4v) is 1.71. The Hall–Kier alpha value is -1.06. The van der Waals surface area contributed by atoms with E-state index < -0.39 is 0 Å². The van der Waals surface area contributed by atoms with Gasteiger partial charge < -0.3 is 15.4 Å². The number of likely N-dealkylation sites (N-methyl/N-ethyl adjacent to an activating group) is 1. The van der Waals surface area contributed by atoms with Gasteiger partial charge in [0.25, 0.3) is 0 Å². The van der Waals surface area contributed by atoms with Crippen molar-refractivity contribution in [2.75, 3.05) is 20.1 Å². The van der Waals surface area contributed by atoms with Gasteiger partial charge in [0, 0.05) is 19.1 Å². The van der Waals surface area contributed by atoms with E-state index in [0.717, 1.165) is 18.7 Å². The molecule has 102 valence electrons. The first kappa shape index (κ1) is 15.0. The van der Waals surface area contributed by atoms with Gasteiger partial charge in [-0.2, -0.15) is 0 Å². The average Bonchev–Trinajstić information content (AvgIpc) is 2.36. The van der Waals surface area contributed by atoms with E-state index in [1.54, 1.807) is 0 Å². The van der Waals surface area contributed by atoms with Gasteiger partial charge in [-0.05, 0) is 51.9 Å². The van der Waals surface area contributed by atoms with Crippen molar-refractivity contribution in [2.45, 2.75) is 39.3 Å². The summed E-state index contributed by atoms with van der Waals surface area (Å²) in [5.74, 6) is 0.942. The van der Waals surface area contributed by atoms with Crippen LogP contribution >= 0.6 is 0 Å². The summed E-state index contributed by atoms with van der Waals surface area (Å²) in [6.07, 6.45) is 1.27. The second kappa shape index (κ2) is 7.39. The van der Waals surface area contributed by atoms with Gasteiger partial charge in [0.05, 0.1) is 6.10 Å². The monoisotopic (exact) mass is 250 g/mol. The number of benzene rings is 1. The summed E-state index contributed by atoms with van der Waals surface area (Å²) in [5, 5.41) is 0. The van der Waals surface area contributed by atoms with E-state index in [1.165, 1.54) is 5.56 Å². The Morgan fingerprint density at radius 2 is 1.78 bits per heavy atom. The topological polar surface area (TPSA) is 38.5 Å². The van der Waals surface area contributed by atoms with Crippen molar-refractivity contribution in [3.63, 3.8) is 0 Å². The Kier molecular flexibility index (Phi) is 6.16. The van der Waals surface area contributed by atoms with E-state index in [4.69, 9.17) is 10.5 Å². The minimum absolute atomic E-state index is 0.229. The predicted octanol–water partition coefficient (Wildman–Crippen LogP) is 2.30. The van der Waals surface area contributed by atoms with Crippen LogP contribution < -0.4 is 10.5 Å². The average molecular weight is 250 g/mol. The molecule has 0 saturated heterocycles. The van der Waals surface area contributed by atoms with E-state index in [1.807, 2.05) is 26.0 Å². The van der Waals surface area contributed by atoms with E-state index >= 15 is 0 Å². The SMILES string of the molecule is CC(C)Oc1ccc(CCN(C)C(C)CN)cc1. The fraction of sp³-hybridized carbons (Fsp3) is 0.600. The van der Waals surface area contributed by atoms with Crippen LogP contribution in [0.1, 0.15) is 26.3 Å².